The predicted molar refractivity (Wildman–Crippen MR) is 126 cm³/mol. The standard InChI is InChI=1S/C24H28Cl2N2O5/c1-2-4-19(23(27)31)28-21(14-7-9-16(25)10-8-14)22(15-5-3-6-17(26)11-15)33-20(24(28)32)12-18(30)13-29/h3,5-11,18-22,29-30H,2,4,12-13H2,1H3,(H2,27,31)/t18-,19-,20-,21+,22-/m0/s1. The number of hydrogen-bond donors (Lipinski definition) is 3. The third-order valence-corrected chi connectivity index (χ3v) is 6.23. The Morgan fingerprint density at radius 2 is 1.85 bits per heavy atom. The number of amides is 2. The van der Waals surface area contributed by atoms with E-state index in [-0.39, 0.29) is 6.42 Å². The first-order chi connectivity index (χ1) is 15.8. The van der Waals surface area contributed by atoms with Gasteiger partial charge >= 0.3 is 0 Å². The third kappa shape index (κ3) is 5.86. The number of ether oxygens (including phenoxy) is 1. The lowest BCUT2D eigenvalue weighted by molar-refractivity contribution is -0.185. The molecule has 0 radical (unpaired) electrons. The molecule has 4 N–H and O–H groups in total. The van der Waals surface area contributed by atoms with Crippen LogP contribution in [0.1, 0.15) is 49.5 Å². The molecule has 7 nitrogen and oxygen atoms in total. The van der Waals surface area contributed by atoms with Crippen molar-refractivity contribution in [3.63, 3.8) is 0 Å². The van der Waals surface area contributed by atoms with Crippen LogP contribution in [0.3, 0.4) is 0 Å². The fraction of sp³-hybridized carbons (Fsp3) is 0.417. The Labute approximate surface area is 203 Å². The number of carbonyl (C=O) groups is 2. The van der Waals surface area contributed by atoms with Crippen LogP contribution in [0.15, 0.2) is 48.5 Å². The quantitative estimate of drug-likeness (QED) is 0.494. The van der Waals surface area contributed by atoms with Crippen LogP contribution in [0, 0.1) is 0 Å². The van der Waals surface area contributed by atoms with Crippen molar-refractivity contribution in [3.8, 4) is 0 Å². The van der Waals surface area contributed by atoms with Crippen LogP contribution >= 0.6 is 23.2 Å². The Hall–Kier alpha value is -2.16. The Morgan fingerprint density at radius 1 is 1.15 bits per heavy atom. The predicted octanol–water partition coefficient (Wildman–Crippen LogP) is 3.40. The highest BCUT2D eigenvalue weighted by Gasteiger charge is 2.48. The number of aliphatic hydroxyl groups excluding tert-OH is 2. The van der Waals surface area contributed by atoms with Gasteiger partial charge in [-0.15, -0.1) is 0 Å². The Balaban J connectivity index is 2.18. The molecule has 0 aromatic heterocycles. The van der Waals surface area contributed by atoms with Crippen molar-refractivity contribution in [2.75, 3.05) is 6.61 Å². The van der Waals surface area contributed by atoms with Crippen LogP contribution in [0.25, 0.3) is 0 Å². The summed E-state index contributed by atoms with van der Waals surface area (Å²) in [6.45, 7) is 1.38. The molecule has 0 spiro atoms. The second-order valence-electron chi connectivity index (χ2n) is 8.12. The first kappa shape index (κ1) is 25.5. The molecular weight excluding hydrogens is 467 g/mol. The fourth-order valence-corrected chi connectivity index (χ4v) is 4.54. The summed E-state index contributed by atoms with van der Waals surface area (Å²) < 4.78 is 6.24. The van der Waals surface area contributed by atoms with E-state index in [0.717, 1.165) is 0 Å². The van der Waals surface area contributed by atoms with E-state index in [0.29, 0.717) is 34.0 Å². The maximum Gasteiger partial charge on any atom is 0.253 e. The van der Waals surface area contributed by atoms with Gasteiger partial charge in [0.15, 0.2) is 0 Å². The first-order valence-corrected chi connectivity index (χ1v) is 11.6. The summed E-state index contributed by atoms with van der Waals surface area (Å²) in [4.78, 5) is 27.6. The van der Waals surface area contributed by atoms with Gasteiger partial charge in [-0.05, 0) is 41.8 Å². The summed E-state index contributed by atoms with van der Waals surface area (Å²) in [5, 5.41) is 20.4. The molecule has 1 saturated heterocycles. The van der Waals surface area contributed by atoms with Gasteiger partial charge in [-0.25, -0.2) is 0 Å². The molecule has 5 atom stereocenters. The highest BCUT2D eigenvalue weighted by molar-refractivity contribution is 6.30. The Bertz CT molecular complexity index is 972. The minimum atomic E-state index is -1.16. The van der Waals surface area contributed by atoms with Gasteiger partial charge in [0.2, 0.25) is 5.91 Å². The zero-order chi connectivity index (χ0) is 24.1. The van der Waals surface area contributed by atoms with Crippen LogP contribution in [-0.2, 0) is 14.3 Å². The molecule has 0 aliphatic carbocycles. The summed E-state index contributed by atoms with van der Waals surface area (Å²) >= 11 is 12.3. The summed E-state index contributed by atoms with van der Waals surface area (Å²) in [6.07, 6.45) is -2.10. The maximum absolute atomic E-state index is 13.6. The summed E-state index contributed by atoms with van der Waals surface area (Å²) in [5.41, 5.74) is 7.16. The van der Waals surface area contributed by atoms with Crippen molar-refractivity contribution >= 4 is 35.0 Å². The van der Waals surface area contributed by atoms with E-state index < -0.39 is 48.8 Å². The van der Waals surface area contributed by atoms with E-state index in [9.17, 15) is 19.8 Å². The van der Waals surface area contributed by atoms with Crippen molar-refractivity contribution in [2.24, 2.45) is 5.73 Å². The molecule has 1 aliphatic rings. The van der Waals surface area contributed by atoms with Gasteiger partial charge in [-0.3, -0.25) is 9.59 Å². The molecule has 178 valence electrons. The van der Waals surface area contributed by atoms with Gasteiger partial charge in [-0.2, -0.15) is 0 Å². The number of carbonyl (C=O) groups excluding carboxylic acids is 2. The Morgan fingerprint density at radius 3 is 2.42 bits per heavy atom. The maximum atomic E-state index is 13.6. The van der Waals surface area contributed by atoms with Gasteiger partial charge in [-0.1, -0.05) is 60.8 Å². The van der Waals surface area contributed by atoms with Gasteiger partial charge in [0.25, 0.3) is 5.91 Å². The average molecular weight is 495 g/mol. The van der Waals surface area contributed by atoms with Crippen molar-refractivity contribution < 1.29 is 24.5 Å². The van der Waals surface area contributed by atoms with Gasteiger partial charge in [0.05, 0.1) is 18.8 Å². The van der Waals surface area contributed by atoms with Crippen LogP contribution in [-0.4, -0.2) is 51.8 Å². The smallest absolute Gasteiger partial charge is 0.253 e. The minimum absolute atomic E-state index is 0.131. The molecule has 0 saturated carbocycles. The molecule has 1 fully saturated rings. The van der Waals surface area contributed by atoms with Crippen molar-refractivity contribution in [2.45, 2.75) is 56.6 Å². The van der Waals surface area contributed by atoms with E-state index >= 15 is 0 Å². The van der Waals surface area contributed by atoms with E-state index in [1.165, 1.54) is 4.90 Å². The SMILES string of the molecule is CCC[C@@H](C(N)=O)N1C(=O)[C@H](C[C@H](O)CO)O[C@@H](c2cccc(Cl)c2)[C@H]1c1ccc(Cl)cc1. The largest absolute Gasteiger partial charge is 0.394 e. The zero-order valence-electron chi connectivity index (χ0n) is 18.2. The van der Waals surface area contributed by atoms with Crippen molar-refractivity contribution in [1.29, 1.82) is 0 Å². The number of nitrogens with zero attached hydrogens (tertiary/aromatic N) is 1. The zero-order valence-corrected chi connectivity index (χ0v) is 19.7. The molecule has 2 aromatic rings. The molecule has 2 amide bonds. The van der Waals surface area contributed by atoms with Gasteiger partial charge in [0, 0.05) is 16.5 Å². The van der Waals surface area contributed by atoms with E-state index in [1.54, 1.807) is 42.5 Å². The second-order valence-corrected chi connectivity index (χ2v) is 8.99. The number of morpholine rings is 1. The van der Waals surface area contributed by atoms with Crippen molar-refractivity contribution in [1.82, 2.24) is 4.90 Å². The second kappa shape index (κ2) is 11.3. The molecule has 2 aromatic carbocycles. The van der Waals surface area contributed by atoms with Crippen LogP contribution in [0.4, 0.5) is 0 Å². The third-order valence-electron chi connectivity index (χ3n) is 5.74. The molecular formula is C24H28Cl2N2O5. The monoisotopic (exact) mass is 494 g/mol. The number of rotatable bonds is 9. The first-order valence-electron chi connectivity index (χ1n) is 10.8. The highest BCUT2D eigenvalue weighted by atomic mass is 35.5. The lowest BCUT2D eigenvalue weighted by Gasteiger charge is -2.47. The summed E-state index contributed by atoms with van der Waals surface area (Å²) in [6, 6.07) is 12.4. The van der Waals surface area contributed by atoms with Gasteiger partial charge in [0.1, 0.15) is 18.2 Å². The van der Waals surface area contributed by atoms with Crippen LogP contribution in [0.5, 0.6) is 0 Å². The normalized spacial score (nSPS) is 22.8. The topological polar surface area (TPSA) is 113 Å². The average Bonchev–Trinajstić information content (AvgIpc) is 2.79. The summed E-state index contributed by atoms with van der Waals surface area (Å²) in [5.74, 6) is -1.10. The number of benzene rings is 2. The number of nitrogens with two attached hydrogens (primary N) is 1. The molecule has 1 heterocycles. The van der Waals surface area contributed by atoms with E-state index in [1.807, 2.05) is 13.0 Å². The summed E-state index contributed by atoms with van der Waals surface area (Å²) in [7, 11) is 0. The van der Waals surface area contributed by atoms with E-state index in [4.69, 9.17) is 33.7 Å². The number of hydrogen-bond acceptors (Lipinski definition) is 5. The molecule has 1 aliphatic heterocycles. The minimum Gasteiger partial charge on any atom is -0.394 e. The Kier molecular flexibility index (Phi) is 8.73. The highest BCUT2D eigenvalue weighted by Crippen LogP contribution is 2.44. The molecule has 9 heteroatoms. The molecule has 3 rings (SSSR count). The fourth-order valence-electron chi connectivity index (χ4n) is 4.22. The van der Waals surface area contributed by atoms with Gasteiger partial charge < -0.3 is 25.6 Å². The lowest BCUT2D eigenvalue weighted by Crippen LogP contribution is -2.58. The van der Waals surface area contributed by atoms with Crippen LogP contribution < -0.4 is 5.73 Å². The molecule has 0 unspecified atom stereocenters. The van der Waals surface area contributed by atoms with E-state index in [2.05, 4.69) is 0 Å². The lowest BCUT2D eigenvalue weighted by atomic mass is 9.88. The number of aliphatic hydroxyl groups is 2. The van der Waals surface area contributed by atoms with Crippen molar-refractivity contribution in [3.05, 3.63) is 69.7 Å². The number of halogens is 2. The molecule has 0 bridgehead atoms. The number of primary amides is 1. The van der Waals surface area contributed by atoms with Crippen LogP contribution in [0.2, 0.25) is 10.0 Å². The molecule has 33 heavy (non-hydrogen) atoms.